The molecule has 0 atom stereocenters. The second-order valence-electron chi connectivity index (χ2n) is 4.51. The SMILES string of the molecule is CC(C)NS(=O)(=O)NCc1ccc(/C=C/C(=O)O)cc1. The van der Waals surface area contributed by atoms with Gasteiger partial charge in [-0.3, -0.25) is 0 Å². The molecule has 3 N–H and O–H groups in total. The van der Waals surface area contributed by atoms with Gasteiger partial charge in [-0.25, -0.2) is 4.79 Å². The van der Waals surface area contributed by atoms with E-state index in [0.29, 0.717) is 0 Å². The maximum atomic E-state index is 11.6. The van der Waals surface area contributed by atoms with Gasteiger partial charge in [0.1, 0.15) is 0 Å². The van der Waals surface area contributed by atoms with Crippen LogP contribution >= 0.6 is 0 Å². The summed E-state index contributed by atoms with van der Waals surface area (Å²) in [4.78, 5) is 10.4. The number of hydrogen-bond donors (Lipinski definition) is 3. The molecule has 6 nitrogen and oxygen atoms in total. The number of carboxylic acid groups (broad SMARTS) is 1. The second kappa shape index (κ2) is 7.18. The zero-order valence-electron chi connectivity index (χ0n) is 11.3. The van der Waals surface area contributed by atoms with Gasteiger partial charge in [-0.15, -0.1) is 0 Å². The molecule has 0 aromatic heterocycles. The molecule has 7 heteroatoms. The highest BCUT2D eigenvalue weighted by Gasteiger charge is 2.10. The van der Waals surface area contributed by atoms with Crippen LogP contribution in [0.3, 0.4) is 0 Å². The van der Waals surface area contributed by atoms with E-state index in [0.717, 1.165) is 17.2 Å². The number of carboxylic acids is 1. The Balaban J connectivity index is 2.60. The van der Waals surface area contributed by atoms with Crippen LogP contribution in [0.4, 0.5) is 0 Å². The predicted octanol–water partition coefficient (Wildman–Crippen LogP) is 1.12. The molecule has 0 unspecified atom stereocenters. The van der Waals surface area contributed by atoms with Gasteiger partial charge in [0.15, 0.2) is 0 Å². The van der Waals surface area contributed by atoms with Gasteiger partial charge in [0.05, 0.1) is 0 Å². The lowest BCUT2D eigenvalue weighted by Gasteiger charge is -2.10. The van der Waals surface area contributed by atoms with Crippen LogP contribution < -0.4 is 9.44 Å². The maximum absolute atomic E-state index is 11.6. The van der Waals surface area contributed by atoms with Crippen LogP contribution in [0.1, 0.15) is 25.0 Å². The summed E-state index contributed by atoms with van der Waals surface area (Å²) in [6.07, 6.45) is 2.51. The first kappa shape index (κ1) is 16.4. The zero-order chi connectivity index (χ0) is 15.2. The fraction of sp³-hybridized carbons (Fsp3) is 0.308. The van der Waals surface area contributed by atoms with Crippen molar-refractivity contribution in [1.29, 1.82) is 0 Å². The summed E-state index contributed by atoms with van der Waals surface area (Å²) in [5, 5.41) is 8.50. The Kier molecular flexibility index (Phi) is 5.87. The number of aliphatic carboxylic acids is 1. The molecule has 0 heterocycles. The number of carbonyl (C=O) groups is 1. The van der Waals surface area contributed by atoms with Crippen molar-refractivity contribution < 1.29 is 18.3 Å². The molecule has 1 rings (SSSR count). The third kappa shape index (κ3) is 6.46. The molecule has 0 fully saturated rings. The van der Waals surface area contributed by atoms with Crippen molar-refractivity contribution in [3.05, 3.63) is 41.5 Å². The number of benzene rings is 1. The molecule has 0 amide bonds. The average Bonchev–Trinajstić information content (AvgIpc) is 2.33. The summed E-state index contributed by atoms with van der Waals surface area (Å²) in [7, 11) is -3.50. The molecule has 110 valence electrons. The van der Waals surface area contributed by atoms with E-state index in [1.54, 1.807) is 38.1 Å². The summed E-state index contributed by atoms with van der Waals surface area (Å²) < 4.78 is 28.0. The van der Waals surface area contributed by atoms with Gasteiger partial charge in [-0.05, 0) is 31.1 Å². The third-order valence-electron chi connectivity index (χ3n) is 2.26. The molecule has 1 aromatic rings. The molecule has 0 aliphatic rings. The van der Waals surface area contributed by atoms with Crippen molar-refractivity contribution in [2.45, 2.75) is 26.4 Å². The van der Waals surface area contributed by atoms with Gasteiger partial charge in [0, 0.05) is 18.7 Å². The first-order valence-corrected chi connectivity index (χ1v) is 7.54. The Morgan fingerprint density at radius 3 is 2.40 bits per heavy atom. The van der Waals surface area contributed by atoms with Crippen LogP contribution in [0.2, 0.25) is 0 Å². The van der Waals surface area contributed by atoms with Crippen LogP contribution in [0.25, 0.3) is 6.08 Å². The zero-order valence-corrected chi connectivity index (χ0v) is 12.1. The van der Waals surface area contributed by atoms with Crippen LogP contribution in [0.5, 0.6) is 0 Å². The molecule has 0 aliphatic carbocycles. The highest BCUT2D eigenvalue weighted by atomic mass is 32.2. The van der Waals surface area contributed by atoms with Crippen LogP contribution in [-0.4, -0.2) is 25.5 Å². The summed E-state index contributed by atoms with van der Waals surface area (Å²) in [5.41, 5.74) is 1.52. The standard InChI is InChI=1S/C13H18N2O4S/c1-10(2)15-20(18,19)14-9-12-5-3-11(4-6-12)7-8-13(16)17/h3-8,10,14-15H,9H2,1-2H3,(H,16,17)/b8-7+. The molecular weight excluding hydrogens is 280 g/mol. The van der Waals surface area contributed by atoms with Gasteiger partial charge in [-0.1, -0.05) is 24.3 Å². The molecule has 0 aliphatic heterocycles. The largest absolute Gasteiger partial charge is 0.478 e. The quantitative estimate of drug-likeness (QED) is 0.657. The minimum atomic E-state index is -3.50. The van der Waals surface area contributed by atoms with E-state index in [1.165, 1.54) is 6.08 Å². The average molecular weight is 298 g/mol. The molecule has 1 aromatic carbocycles. The van der Waals surface area contributed by atoms with Crippen LogP contribution in [0.15, 0.2) is 30.3 Å². The third-order valence-corrected chi connectivity index (χ3v) is 3.56. The van der Waals surface area contributed by atoms with Crippen molar-refractivity contribution in [1.82, 2.24) is 9.44 Å². The van der Waals surface area contributed by atoms with Crippen molar-refractivity contribution in [3.63, 3.8) is 0 Å². The molecule has 0 saturated heterocycles. The first-order valence-electron chi connectivity index (χ1n) is 6.05. The van der Waals surface area contributed by atoms with Gasteiger partial charge < -0.3 is 5.11 Å². The molecular formula is C13H18N2O4S. The normalized spacial score (nSPS) is 12.2. The first-order chi connectivity index (χ1) is 9.28. The number of nitrogens with one attached hydrogen (secondary N) is 2. The van der Waals surface area contributed by atoms with Crippen LogP contribution in [-0.2, 0) is 21.5 Å². The summed E-state index contributed by atoms with van der Waals surface area (Å²) in [6.45, 7) is 3.65. The van der Waals surface area contributed by atoms with Gasteiger partial charge in [0.2, 0.25) is 0 Å². The lowest BCUT2D eigenvalue weighted by molar-refractivity contribution is -0.131. The monoisotopic (exact) mass is 298 g/mol. The summed E-state index contributed by atoms with van der Waals surface area (Å²) in [6, 6.07) is 6.74. The summed E-state index contributed by atoms with van der Waals surface area (Å²) in [5.74, 6) is -1.01. The van der Waals surface area contributed by atoms with Crippen molar-refractivity contribution in [2.24, 2.45) is 0 Å². The Hall–Kier alpha value is -1.70. The highest BCUT2D eigenvalue weighted by Crippen LogP contribution is 2.06. The van der Waals surface area contributed by atoms with E-state index in [1.807, 2.05) is 0 Å². The second-order valence-corrected chi connectivity index (χ2v) is 6.04. The lowest BCUT2D eigenvalue weighted by atomic mass is 10.1. The molecule has 20 heavy (non-hydrogen) atoms. The minimum absolute atomic E-state index is 0.170. The smallest absolute Gasteiger partial charge is 0.328 e. The van der Waals surface area contributed by atoms with Crippen molar-refractivity contribution >= 4 is 22.3 Å². The Morgan fingerprint density at radius 2 is 1.90 bits per heavy atom. The number of hydrogen-bond acceptors (Lipinski definition) is 3. The van der Waals surface area contributed by atoms with E-state index in [4.69, 9.17) is 5.11 Å². The van der Waals surface area contributed by atoms with E-state index < -0.39 is 16.2 Å². The molecule has 0 spiro atoms. The number of rotatable bonds is 7. The van der Waals surface area contributed by atoms with E-state index in [2.05, 4.69) is 9.44 Å². The van der Waals surface area contributed by atoms with E-state index >= 15 is 0 Å². The Morgan fingerprint density at radius 1 is 1.30 bits per heavy atom. The molecule has 0 radical (unpaired) electrons. The molecule has 0 bridgehead atoms. The lowest BCUT2D eigenvalue weighted by Crippen LogP contribution is -2.39. The fourth-order valence-corrected chi connectivity index (χ4v) is 2.51. The Labute approximate surface area is 118 Å². The van der Waals surface area contributed by atoms with Crippen molar-refractivity contribution in [3.8, 4) is 0 Å². The van der Waals surface area contributed by atoms with E-state index in [9.17, 15) is 13.2 Å². The van der Waals surface area contributed by atoms with Gasteiger partial charge in [0.25, 0.3) is 10.2 Å². The maximum Gasteiger partial charge on any atom is 0.328 e. The van der Waals surface area contributed by atoms with Gasteiger partial charge >= 0.3 is 5.97 Å². The summed E-state index contributed by atoms with van der Waals surface area (Å²) >= 11 is 0. The van der Waals surface area contributed by atoms with Gasteiger partial charge in [-0.2, -0.15) is 17.9 Å². The topological polar surface area (TPSA) is 95.5 Å². The minimum Gasteiger partial charge on any atom is -0.478 e. The highest BCUT2D eigenvalue weighted by molar-refractivity contribution is 7.87. The molecule has 0 saturated carbocycles. The Bertz CT molecular complexity index is 577. The van der Waals surface area contributed by atoms with Crippen LogP contribution in [0, 0.1) is 0 Å². The fourth-order valence-electron chi connectivity index (χ4n) is 1.44. The van der Waals surface area contributed by atoms with E-state index in [-0.39, 0.29) is 12.6 Å². The van der Waals surface area contributed by atoms with Crippen molar-refractivity contribution in [2.75, 3.05) is 0 Å². The predicted molar refractivity (Wildman–Crippen MR) is 77.1 cm³/mol.